The van der Waals surface area contributed by atoms with Crippen molar-refractivity contribution in [2.75, 3.05) is 13.1 Å². The third kappa shape index (κ3) is 3.37. The van der Waals surface area contributed by atoms with E-state index in [4.69, 9.17) is 0 Å². The summed E-state index contributed by atoms with van der Waals surface area (Å²) in [5.41, 5.74) is -0.983. The van der Waals surface area contributed by atoms with Gasteiger partial charge >= 0.3 is 12.0 Å². The van der Waals surface area contributed by atoms with Crippen LogP contribution in [0.15, 0.2) is 24.5 Å². The molecular formula is C16H23N3O3. The van der Waals surface area contributed by atoms with E-state index in [0.717, 1.165) is 12.8 Å². The molecule has 0 radical (unpaired) electrons. The Morgan fingerprint density at radius 2 is 2.18 bits per heavy atom. The highest BCUT2D eigenvalue weighted by Gasteiger charge is 2.39. The fourth-order valence-electron chi connectivity index (χ4n) is 2.80. The van der Waals surface area contributed by atoms with E-state index in [-0.39, 0.29) is 11.4 Å². The molecule has 6 nitrogen and oxygen atoms in total. The molecule has 22 heavy (non-hydrogen) atoms. The molecule has 2 N–H and O–H groups in total. The zero-order valence-corrected chi connectivity index (χ0v) is 13.3. The number of carboxylic acid groups (broad SMARTS) is 1. The van der Waals surface area contributed by atoms with Gasteiger partial charge in [-0.3, -0.25) is 4.98 Å². The molecule has 0 saturated carbocycles. The monoisotopic (exact) mass is 305 g/mol. The van der Waals surface area contributed by atoms with Crippen molar-refractivity contribution in [3.05, 3.63) is 30.1 Å². The Hall–Kier alpha value is -2.11. The number of hydrogen-bond donors (Lipinski definition) is 2. The molecule has 0 bridgehead atoms. The molecule has 1 aliphatic rings. The smallest absolute Gasteiger partial charge is 0.333 e. The number of carbonyl (C=O) groups excluding carboxylic acids is 1. The molecule has 0 aliphatic carbocycles. The van der Waals surface area contributed by atoms with Crippen LogP contribution in [0.5, 0.6) is 0 Å². The van der Waals surface area contributed by atoms with Crippen molar-refractivity contribution in [1.29, 1.82) is 0 Å². The average molecular weight is 305 g/mol. The summed E-state index contributed by atoms with van der Waals surface area (Å²) in [6, 6.07) is 2.97. The van der Waals surface area contributed by atoms with Gasteiger partial charge in [0.25, 0.3) is 0 Å². The molecule has 1 saturated heterocycles. The molecule has 6 heteroatoms. The summed E-state index contributed by atoms with van der Waals surface area (Å²) in [6.45, 7) is 6.99. The third-order valence-electron chi connectivity index (χ3n) is 4.21. The Morgan fingerprint density at radius 3 is 2.73 bits per heavy atom. The quantitative estimate of drug-likeness (QED) is 0.897. The van der Waals surface area contributed by atoms with Crippen LogP contribution < -0.4 is 5.32 Å². The summed E-state index contributed by atoms with van der Waals surface area (Å²) in [6.07, 6.45) is 5.03. The molecule has 1 unspecified atom stereocenters. The van der Waals surface area contributed by atoms with Crippen molar-refractivity contribution in [3.8, 4) is 0 Å². The zero-order valence-electron chi connectivity index (χ0n) is 13.3. The van der Waals surface area contributed by atoms with Crippen molar-refractivity contribution >= 4 is 12.0 Å². The first kappa shape index (κ1) is 16.3. The molecule has 120 valence electrons. The maximum atomic E-state index is 12.5. The van der Waals surface area contributed by atoms with Gasteiger partial charge in [-0.1, -0.05) is 19.9 Å². The predicted octanol–water partition coefficient (Wildman–Crippen LogP) is 2.21. The summed E-state index contributed by atoms with van der Waals surface area (Å²) >= 11 is 0. The molecule has 2 amide bonds. The Labute approximate surface area is 130 Å². The minimum absolute atomic E-state index is 0.0590. The van der Waals surface area contributed by atoms with Crippen molar-refractivity contribution in [2.45, 2.75) is 39.2 Å². The number of pyridine rings is 1. The number of likely N-dealkylation sites (tertiary alicyclic amines) is 1. The van der Waals surface area contributed by atoms with Crippen LogP contribution in [-0.4, -0.2) is 40.1 Å². The topological polar surface area (TPSA) is 82.5 Å². The Balaban J connectivity index is 2.18. The third-order valence-corrected chi connectivity index (χ3v) is 4.21. The second-order valence-electron chi connectivity index (χ2n) is 6.79. The van der Waals surface area contributed by atoms with Crippen molar-refractivity contribution in [2.24, 2.45) is 5.41 Å². The number of nitrogens with one attached hydrogen (secondary N) is 1. The molecule has 2 rings (SSSR count). The fourth-order valence-corrected chi connectivity index (χ4v) is 2.80. The van der Waals surface area contributed by atoms with Gasteiger partial charge in [0.2, 0.25) is 0 Å². The van der Waals surface area contributed by atoms with E-state index in [1.54, 1.807) is 23.2 Å². The second-order valence-corrected chi connectivity index (χ2v) is 6.79. The minimum atomic E-state index is -1.49. The number of carbonyl (C=O) groups is 2. The lowest BCUT2D eigenvalue weighted by Gasteiger charge is -2.39. The minimum Gasteiger partial charge on any atom is -0.479 e. The van der Waals surface area contributed by atoms with Crippen molar-refractivity contribution in [1.82, 2.24) is 15.2 Å². The number of aromatic nitrogens is 1. The summed E-state index contributed by atoms with van der Waals surface area (Å²) in [4.78, 5) is 29.9. The van der Waals surface area contributed by atoms with Gasteiger partial charge in [0.05, 0.1) is 0 Å². The predicted molar refractivity (Wildman–Crippen MR) is 82.3 cm³/mol. The van der Waals surface area contributed by atoms with Crippen LogP contribution in [0.1, 0.15) is 39.2 Å². The van der Waals surface area contributed by atoms with Gasteiger partial charge in [-0.25, -0.2) is 9.59 Å². The number of nitrogens with zero attached hydrogens (tertiary/aromatic N) is 2. The van der Waals surface area contributed by atoms with Gasteiger partial charge in [-0.2, -0.15) is 0 Å². The summed E-state index contributed by atoms with van der Waals surface area (Å²) in [7, 11) is 0. The second kappa shape index (κ2) is 5.94. The SMILES string of the molecule is CC1(C)CCCN(C(=O)NC(C)(C(=O)O)c2cccnc2)C1. The van der Waals surface area contributed by atoms with E-state index in [1.807, 2.05) is 0 Å². The molecule has 1 aromatic rings. The van der Waals surface area contributed by atoms with Crippen LogP contribution in [-0.2, 0) is 10.3 Å². The molecule has 0 spiro atoms. The Kier molecular flexibility index (Phi) is 4.39. The number of carboxylic acids is 1. The van der Waals surface area contributed by atoms with Crippen LogP contribution in [0.3, 0.4) is 0 Å². The van der Waals surface area contributed by atoms with Crippen LogP contribution in [0.2, 0.25) is 0 Å². The number of rotatable bonds is 3. The summed E-state index contributed by atoms with van der Waals surface area (Å²) in [5, 5.41) is 12.2. The highest BCUT2D eigenvalue weighted by molar-refractivity contribution is 5.87. The highest BCUT2D eigenvalue weighted by Crippen LogP contribution is 2.29. The van der Waals surface area contributed by atoms with Crippen LogP contribution in [0.25, 0.3) is 0 Å². The van der Waals surface area contributed by atoms with E-state index in [2.05, 4.69) is 24.1 Å². The van der Waals surface area contributed by atoms with Crippen LogP contribution in [0.4, 0.5) is 4.79 Å². The maximum Gasteiger partial charge on any atom is 0.333 e. The number of piperidine rings is 1. The first-order valence-corrected chi connectivity index (χ1v) is 7.46. The number of urea groups is 1. The van der Waals surface area contributed by atoms with Crippen molar-refractivity contribution < 1.29 is 14.7 Å². The molecular weight excluding hydrogens is 282 g/mol. The molecule has 0 aromatic carbocycles. The molecule has 1 aromatic heterocycles. The molecule has 2 heterocycles. The maximum absolute atomic E-state index is 12.5. The largest absolute Gasteiger partial charge is 0.479 e. The standard InChI is InChI=1S/C16H23N3O3/c1-15(2)7-5-9-19(11-15)14(22)18-16(3,13(20)21)12-6-4-8-17-10-12/h4,6,8,10H,5,7,9,11H2,1-3H3,(H,18,22)(H,20,21). The van der Waals surface area contributed by atoms with Gasteiger partial charge in [0.1, 0.15) is 0 Å². The first-order valence-electron chi connectivity index (χ1n) is 7.46. The van der Waals surface area contributed by atoms with Gasteiger partial charge < -0.3 is 15.3 Å². The van der Waals surface area contributed by atoms with Gasteiger partial charge in [-0.05, 0) is 31.2 Å². The zero-order chi connectivity index (χ0) is 16.4. The summed E-state index contributed by atoms with van der Waals surface area (Å²) in [5.74, 6) is -1.11. The molecule has 1 aliphatic heterocycles. The van der Waals surface area contributed by atoms with Crippen LogP contribution >= 0.6 is 0 Å². The lowest BCUT2D eigenvalue weighted by atomic mass is 9.84. The first-order chi connectivity index (χ1) is 10.2. The lowest BCUT2D eigenvalue weighted by molar-refractivity contribution is -0.144. The Bertz CT molecular complexity index is 559. The molecule has 1 fully saturated rings. The lowest BCUT2D eigenvalue weighted by Crippen LogP contribution is -2.56. The van der Waals surface area contributed by atoms with E-state index in [0.29, 0.717) is 18.7 Å². The van der Waals surface area contributed by atoms with Crippen molar-refractivity contribution in [3.63, 3.8) is 0 Å². The summed E-state index contributed by atoms with van der Waals surface area (Å²) < 4.78 is 0. The number of amides is 2. The van der Waals surface area contributed by atoms with Gasteiger partial charge in [0, 0.05) is 31.0 Å². The van der Waals surface area contributed by atoms with E-state index in [9.17, 15) is 14.7 Å². The average Bonchev–Trinajstić information content (AvgIpc) is 2.46. The molecule has 1 atom stereocenters. The van der Waals surface area contributed by atoms with Crippen LogP contribution in [0, 0.1) is 5.41 Å². The number of aliphatic carboxylic acids is 1. The normalized spacial score (nSPS) is 20.0. The Morgan fingerprint density at radius 1 is 1.45 bits per heavy atom. The number of hydrogen-bond acceptors (Lipinski definition) is 3. The van der Waals surface area contributed by atoms with E-state index < -0.39 is 11.5 Å². The van der Waals surface area contributed by atoms with E-state index in [1.165, 1.54) is 13.1 Å². The van der Waals surface area contributed by atoms with E-state index >= 15 is 0 Å². The van der Waals surface area contributed by atoms with Gasteiger partial charge in [-0.15, -0.1) is 0 Å². The van der Waals surface area contributed by atoms with Gasteiger partial charge in [0.15, 0.2) is 5.54 Å². The highest BCUT2D eigenvalue weighted by atomic mass is 16.4. The fraction of sp³-hybridized carbons (Fsp3) is 0.562.